The molecule has 2 saturated heterocycles. The maximum absolute atomic E-state index is 13.5. The second-order valence-corrected chi connectivity index (χ2v) is 6.24. The van der Waals surface area contributed by atoms with E-state index in [4.69, 9.17) is 0 Å². The minimum Gasteiger partial charge on any atom is -0.338 e. The fraction of sp³-hybridized carbons (Fsp3) is 0.588. The molecule has 0 radical (unpaired) electrons. The van der Waals surface area contributed by atoms with Crippen LogP contribution in [0.4, 0.5) is 9.18 Å². The summed E-state index contributed by atoms with van der Waals surface area (Å²) < 4.78 is 13.5. The molecule has 2 heterocycles. The van der Waals surface area contributed by atoms with Crippen molar-refractivity contribution in [3.8, 4) is 0 Å². The Morgan fingerprint density at radius 3 is 2.95 bits per heavy atom. The third-order valence-electron chi connectivity index (χ3n) is 4.81. The molecule has 120 valence electrons. The maximum atomic E-state index is 13.5. The highest BCUT2D eigenvalue weighted by Crippen LogP contribution is 2.26. The van der Waals surface area contributed by atoms with Crippen molar-refractivity contribution in [3.63, 3.8) is 0 Å². The van der Waals surface area contributed by atoms with Crippen LogP contribution in [0.3, 0.4) is 0 Å². The number of amides is 2. The molecule has 2 unspecified atom stereocenters. The lowest BCUT2D eigenvalue weighted by molar-refractivity contribution is 0.179. The van der Waals surface area contributed by atoms with E-state index in [9.17, 15) is 9.18 Å². The Labute approximate surface area is 131 Å². The summed E-state index contributed by atoms with van der Waals surface area (Å²) in [6.07, 6.45) is 5.26. The summed E-state index contributed by atoms with van der Waals surface area (Å²) in [6.45, 7) is 2.70. The Bertz CT molecular complexity index is 522. The second-order valence-electron chi connectivity index (χ2n) is 6.24. The van der Waals surface area contributed by atoms with Crippen LogP contribution in [-0.2, 0) is 6.42 Å². The van der Waals surface area contributed by atoms with Gasteiger partial charge in [-0.1, -0.05) is 24.6 Å². The number of nitrogens with zero attached hydrogens (tertiary/aromatic N) is 1. The van der Waals surface area contributed by atoms with Gasteiger partial charge in [-0.25, -0.2) is 9.18 Å². The number of urea groups is 1. The lowest BCUT2D eigenvalue weighted by Gasteiger charge is -2.32. The fourth-order valence-corrected chi connectivity index (χ4v) is 3.65. The molecule has 0 saturated carbocycles. The zero-order valence-corrected chi connectivity index (χ0v) is 12.9. The molecule has 5 heteroatoms. The van der Waals surface area contributed by atoms with Gasteiger partial charge in [0.1, 0.15) is 5.82 Å². The topological polar surface area (TPSA) is 44.4 Å². The quantitative estimate of drug-likeness (QED) is 0.896. The van der Waals surface area contributed by atoms with Crippen LogP contribution < -0.4 is 10.6 Å². The van der Waals surface area contributed by atoms with Crippen molar-refractivity contribution in [2.24, 2.45) is 0 Å². The third-order valence-corrected chi connectivity index (χ3v) is 4.81. The van der Waals surface area contributed by atoms with Crippen LogP contribution in [0, 0.1) is 5.82 Å². The van der Waals surface area contributed by atoms with E-state index in [1.807, 2.05) is 6.07 Å². The van der Waals surface area contributed by atoms with Crippen LogP contribution >= 0.6 is 0 Å². The molecule has 0 spiro atoms. The summed E-state index contributed by atoms with van der Waals surface area (Å²) in [4.78, 5) is 14.5. The van der Waals surface area contributed by atoms with E-state index in [-0.39, 0.29) is 17.9 Å². The number of hydrogen-bond acceptors (Lipinski definition) is 2. The summed E-state index contributed by atoms with van der Waals surface area (Å²) in [5.74, 6) is -0.210. The fourth-order valence-electron chi connectivity index (χ4n) is 3.65. The van der Waals surface area contributed by atoms with E-state index in [0.717, 1.165) is 19.5 Å². The van der Waals surface area contributed by atoms with Crippen LogP contribution in [0.5, 0.6) is 0 Å². The summed E-state index contributed by atoms with van der Waals surface area (Å²) in [7, 11) is 0. The highest BCUT2D eigenvalue weighted by Gasteiger charge is 2.36. The predicted octanol–water partition coefficient (Wildman–Crippen LogP) is 2.29. The van der Waals surface area contributed by atoms with Crippen molar-refractivity contribution < 1.29 is 9.18 Å². The minimum absolute atomic E-state index is 0.131. The number of rotatable bonds is 4. The Kier molecular flexibility index (Phi) is 4.93. The number of carbonyl (C=O) groups excluding carboxylic acids is 1. The van der Waals surface area contributed by atoms with Crippen molar-refractivity contribution >= 4 is 6.03 Å². The minimum atomic E-state index is -0.210. The summed E-state index contributed by atoms with van der Waals surface area (Å²) >= 11 is 0. The van der Waals surface area contributed by atoms with Crippen molar-refractivity contribution in [1.29, 1.82) is 0 Å². The van der Waals surface area contributed by atoms with Crippen LogP contribution in [0.25, 0.3) is 0 Å². The van der Waals surface area contributed by atoms with Gasteiger partial charge in [-0.2, -0.15) is 0 Å². The average molecular weight is 305 g/mol. The van der Waals surface area contributed by atoms with Gasteiger partial charge >= 0.3 is 6.03 Å². The van der Waals surface area contributed by atoms with E-state index < -0.39 is 0 Å². The Balaban J connectivity index is 1.42. The molecule has 3 rings (SSSR count). The van der Waals surface area contributed by atoms with Crippen molar-refractivity contribution in [2.75, 3.05) is 19.6 Å². The van der Waals surface area contributed by atoms with E-state index in [0.29, 0.717) is 24.6 Å². The van der Waals surface area contributed by atoms with Gasteiger partial charge < -0.3 is 10.6 Å². The molecule has 22 heavy (non-hydrogen) atoms. The Morgan fingerprint density at radius 2 is 2.09 bits per heavy atom. The average Bonchev–Trinajstić information content (AvgIpc) is 2.92. The van der Waals surface area contributed by atoms with E-state index in [1.54, 1.807) is 12.1 Å². The number of halogens is 1. The van der Waals surface area contributed by atoms with Crippen LogP contribution in [-0.4, -0.2) is 42.6 Å². The molecule has 0 aliphatic carbocycles. The predicted molar refractivity (Wildman–Crippen MR) is 84.3 cm³/mol. The monoisotopic (exact) mass is 305 g/mol. The zero-order valence-electron chi connectivity index (χ0n) is 12.9. The highest BCUT2D eigenvalue weighted by molar-refractivity contribution is 5.74. The van der Waals surface area contributed by atoms with E-state index >= 15 is 0 Å². The molecule has 1 aromatic carbocycles. The standard InChI is InChI=1S/C17H24FN3O/c18-14-6-2-1-5-13(14)8-10-19-17(22)20-15-9-12-21-11-4-3-7-16(15)21/h1-2,5-6,15-16H,3-4,7-12H2,(H2,19,20,22). The molecule has 4 nitrogen and oxygen atoms in total. The lowest BCUT2D eigenvalue weighted by Crippen LogP contribution is -2.49. The molecule has 2 fully saturated rings. The molecule has 2 atom stereocenters. The van der Waals surface area contributed by atoms with Crippen molar-refractivity contribution in [2.45, 2.75) is 44.2 Å². The van der Waals surface area contributed by atoms with Gasteiger partial charge in [0, 0.05) is 25.2 Å². The van der Waals surface area contributed by atoms with Gasteiger partial charge in [0.15, 0.2) is 0 Å². The number of carbonyl (C=O) groups is 1. The summed E-state index contributed by atoms with van der Waals surface area (Å²) in [6, 6.07) is 7.33. The Hall–Kier alpha value is -1.62. The van der Waals surface area contributed by atoms with Gasteiger partial charge in [0.25, 0.3) is 0 Å². The van der Waals surface area contributed by atoms with Gasteiger partial charge in [-0.15, -0.1) is 0 Å². The van der Waals surface area contributed by atoms with Crippen molar-refractivity contribution in [3.05, 3.63) is 35.6 Å². The number of fused-ring (bicyclic) bond motifs is 1. The maximum Gasteiger partial charge on any atom is 0.315 e. The molecule has 0 aromatic heterocycles. The SMILES string of the molecule is O=C(NCCc1ccccc1F)NC1CCN2CCCCC12. The smallest absolute Gasteiger partial charge is 0.315 e. The molecule has 1 aromatic rings. The largest absolute Gasteiger partial charge is 0.338 e. The van der Waals surface area contributed by atoms with E-state index in [2.05, 4.69) is 15.5 Å². The van der Waals surface area contributed by atoms with Crippen LogP contribution in [0.15, 0.2) is 24.3 Å². The molecule has 2 aliphatic rings. The normalized spacial score (nSPS) is 24.8. The number of benzene rings is 1. The van der Waals surface area contributed by atoms with Gasteiger partial charge in [0.2, 0.25) is 0 Å². The molecule has 0 bridgehead atoms. The van der Waals surface area contributed by atoms with Crippen LogP contribution in [0.1, 0.15) is 31.2 Å². The Morgan fingerprint density at radius 1 is 1.23 bits per heavy atom. The van der Waals surface area contributed by atoms with Gasteiger partial charge in [0.05, 0.1) is 0 Å². The number of nitrogens with one attached hydrogen (secondary N) is 2. The molecular weight excluding hydrogens is 281 g/mol. The first-order chi connectivity index (χ1) is 10.7. The van der Waals surface area contributed by atoms with Crippen LogP contribution in [0.2, 0.25) is 0 Å². The van der Waals surface area contributed by atoms with Gasteiger partial charge in [-0.05, 0) is 43.9 Å². The summed E-state index contributed by atoms with van der Waals surface area (Å²) in [5, 5.41) is 5.94. The first-order valence-corrected chi connectivity index (χ1v) is 8.26. The zero-order chi connectivity index (χ0) is 15.4. The lowest BCUT2D eigenvalue weighted by atomic mass is 9.99. The molecule has 2 amide bonds. The molecular formula is C17H24FN3O. The molecule has 2 N–H and O–H groups in total. The number of piperidine rings is 1. The third kappa shape index (κ3) is 3.58. The second kappa shape index (κ2) is 7.09. The summed E-state index contributed by atoms with van der Waals surface area (Å²) in [5.41, 5.74) is 0.641. The van der Waals surface area contributed by atoms with Gasteiger partial charge in [-0.3, -0.25) is 4.90 Å². The van der Waals surface area contributed by atoms with E-state index in [1.165, 1.54) is 25.3 Å². The number of hydrogen-bond donors (Lipinski definition) is 2. The first-order valence-electron chi connectivity index (χ1n) is 8.26. The first kappa shape index (κ1) is 15.3. The molecule has 2 aliphatic heterocycles. The van der Waals surface area contributed by atoms with Crippen molar-refractivity contribution in [1.82, 2.24) is 15.5 Å². The highest BCUT2D eigenvalue weighted by atomic mass is 19.1.